The zero-order valence-corrected chi connectivity index (χ0v) is 10.2. The van der Waals surface area contributed by atoms with E-state index in [1.165, 1.54) is 11.0 Å². The van der Waals surface area contributed by atoms with E-state index < -0.39 is 4.92 Å². The summed E-state index contributed by atoms with van der Waals surface area (Å²) in [4.78, 5) is 26.9. The first-order valence-corrected chi connectivity index (χ1v) is 5.67. The van der Waals surface area contributed by atoms with Gasteiger partial charge in [-0.2, -0.15) is 12.6 Å². The number of carbonyl (C=O) groups excluding carboxylic acids is 1. The third-order valence-corrected chi connectivity index (χ3v) is 2.97. The van der Waals surface area contributed by atoms with Gasteiger partial charge >= 0.3 is 5.69 Å². The van der Waals surface area contributed by atoms with E-state index in [2.05, 4.69) is 17.6 Å². The fraction of sp³-hybridized carbons (Fsp3) is 0.333. The van der Waals surface area contributed by atoms with Crippen molar-refractivity contribution in [3.8, 4) is 0 Å². The van der Waals surface area contributed by atoms with E-state index >= 15 is 0 Å². The average molecular weight is 274 g/mol. The van der Waals surface area contributed by atoms with E-state index in [-0.39, 0.29) is 34.1 Å². The number of anilines is 1. The second kappa shape index (κ2) is 4.50. The van der Waals surface area contributed by atoms with Crippen molar-refractivity contribution in [2.45, 2.75) is 11.7 Å². The number of thiol groups is 1. The smallest absolute Gasteiger partial charge is 0.305 e. The maximum absolute atomic E-state index is 11.7. The van der Waals surface area contributed by atoms with Crippen molar-refractivity contribution in [2.75, 3.05) is 11.4 Å². The van der Waals surface area contributed by atoms with Crippen LogP contribution in [0.5, 0.6) is 0 Å². The number of rotatable bonds is 2. The Morgan fingerprint density at radius 3 is 2.88 bits per heavy atom. The lowest BCUT2D eigenvalue weighted by molar-refractivity contribution is -0.384. The van der Waals surface area contributed by atoms with Crippen LogP contribution in [0, 0.1) is 10.1 Å². The van der Waals surface area contributed by atoms with Crippen LogP contribution in [0.2, 0.25) is 5.15 Å². The summed E-state index contributed by atoms with van der Waals surface area (Å²) in [5.74, 6) is -0.199. The lowest BCUT2D eigenvalue weighted by Gasteiger charge is -2.15. The van der Waals surface area contributed by atoms with Gasteiger partial charge in [-0.05, 0) is 0 Å². The van der Waals surface area contributed by atoms with E-state index in [0.29, 0.717) is 6.54 Å². The number of nitro groups is 1. The number of hydrogen-bond acceptors (Lipinski definition) is 5. The summed E-state index contributed by atoms with van der Waals surface area (Å²) in [6.07, 6.45) is 1.32. The van der Waals surface area contributed by atoms with Crippen molar-refractivity contribution in [1.82, 2.24) is 4.98 Å². The molecule has 0 aliphatic carbocycles. The predicted octanol–water partition coefficient (Wildman–Crippen LogP) is 1.68. The zero-order chi connectivity index (χ0) is 12.6. The van der Waals surface area contributed by atoms with Gasteiger partial charge in [0.15, 0.2) is 0 Å². The molecule has 0 bridgehead atoms. The molecule has 17 heavy (non-hydrogen) atoms. The maximum atomic E-state index is 11.7. The van der Waals surface area contributed by atoms with Crippen molar-refractivity contribution >= 4 is 41.5 Å². The number of pyridine rings is 1. The Bertz CT molecular complexity index is 496. The molecule has 90 valence electrons. The van der Waals surface area contributed by atoms with Gasteiger partial charge < -0.3 is 4.90 Å². The van der Waals surface area contributed by atoms with Crippen LogP contribution in [0.25, 0.3) is 0 Å². The Kier molecular flexibility index (Phi) is 3.21. The fourth-order valence-corrected chi connectivity index (χ4v) is 2.16. The Morgan fingerprint density at radius 1 is 1.65 bits per heavy atom. The number of carbonyl (C=O) groups is 1. The number of hydrogen-bond donors (Lipinski definition) is 1. The summed E-state index contributed by atoms with van der Waals surface area (Å²) in [6, 6.07) is 1.32. The average Bonchev–Trinajstić information content (AvgIpc) is 2.57. The predicted molar refractivity (Wildman–Crippen MR) is 65.6 cm³/mol. The molecule has 0 saturated carbocycles. The van der Waals surface area contributed by atoms with Crippen LogP contribution in [0.4, 0.5) is 11.4 Å². The van der Waals surface area contributed by atoms with Crippen molar-refractivity contribution < 1.29 is 9.72 Å². The Hall–Kier alpha value is -1.34. The van der Waals surface area contributed by atoms with Gasteiger partial charge in [0.25, 0.3) is 0 Å². The number of nitrogens with zero attached hydrogens (tertiary/aromatic N) is 3. The lowest BCUT2D eigenvalue weighted by Crippen LogP contribution is -2.25. The second-order valence-corrected chi connectivity index (χ2v) is 4.73. The van der Waals surface area contributed by atoms with E-state index in [1.807, 2.05) is 0 Å². The molecule has 1 aliphatic rings. The summed E-state index contributed by atoms with van der Waals surface area (Å²) >= 11 is 9.89. The van der Waals surface area contributed by atoms with Gasteiger partial charge in [0.05, 0.1) is 4.92 Å². The monoisotopic (exact) mass is 273 g/mol. The molecule has 6 nitrogen and oxygen atoms in total. The summed E-state index contributed by atoms with van der Waals surface area (Å²) in [5, 5.41) is 10.8. The second-order valence-electron chi connectivity index (χ2n) is 3.62. The van der Waals surface area contributed by atoms with E-state index in [0.717, 1.165) is 6.20 Å². The summed E-state index contributed by atoms with van der Waals surface area (Å²) in [7, 11) is 0. The molecule has 0 spiro atoms. The molecule has 1 atom stereocenters. The molecule has 0 N–H and O–H groups in total. The van der Waals surface area contributed by atoms with Crippen LogP contribution in [-0.4, -0.2) is 27.6 Å². The quantitative estimate of drug-likeness (QED) is 0.385. The van der Waals surface area contributed by atoms with Gasteiger partial charge in [0.1, 0.15) is 17.0 Å². The van der Waals surface area contributed by atoms with E-state index in [4.69, 9.17) is 11.6 Å². The van der Waals surface area contributed by atoms with Crippen LogP contribution in [-0.2, 0) is 4.79 Å². The molecule has 0 radical (unpaired) electrons. The highest BCUT2D eigenvalue weighted by atomic mass is 35.5. The van der Waals surface area contributed by atoms with Gasteiger partial charge in [-0.15, -0.1) is 0 Å². The van der Waals surface area contributed by atoms with Gasteiger partial charge in [-0.25, -0.2) is 4.98 Å². The first-order chi connectivity index (χ1) is 7.99. The van der Waals surface area contributed by atoms with Crippen LogP contribution in [0.3, 0.4) is 0 Å². The molecule has 1 aliphatic heterocycles. The molecule has 1 unspecified atom stereocenters. The fourth-order valence-electron chi connectivity index (χ4n) is 1.69. The van der Waals surface area contributed by atoms with Crippen molar-refractivity contribution in [1.29, 1.82) is 0 Å². The highest BCUT2D eigenvalue weighted by molar-refractivity contribution is 7.81. The molecule has 2 heterocycles. The minimum Gasteiger partial charge on any atom is -0.305 e. The van der Waals surface area contributed by atoms with Gasteiger partial charge in [-0.1, -0.05) is 11.6 Å². The topological polar surface area (TPSA) is 76.3 Å². The highest BCUT2D eigenvalue weighted by Crippen LogP contribution is 2.33. The minimum absolute atomic E-state index is 0.112. The maximum Gasteiger partial charge on any atom is 0.311 e. The first kappa shape index (κ1) is 12.1. The number of halogens is 1. The van der Waals surface area contributed by atoms with Crippen molar-refractivity contribution in [3.63, 3.8) is 0 Å². The van der Waals surface area contributed by atoms with Crippen molar-refractivity contribution in [3.05, 3.63) is 27.5 Å². The Labute approximate surface area is 107 Å². The molecule has 1 amide bonds. The minimum atomic E-state index is -0.586. The standard InChI is InChI=1S/C9H8ClN3O3S/c10-8-2-6(7(3-11-8)13(15)16)12-4-5(17)1-9(12)14/h2-3,5,17H,1,4H2. The van der Waals surface area contributed by atoms with Crippen LogP contribution in [0.1, 0.15) is 6.42 Å². The van der Waals surface area contributed by atoms with Crippen LogP contribution >= 0.6 is 24.2 Å². The van der Waals surface area contributed by atoms with Crippen LogP contribution in [0.15, 0.2) is 12.3 Å². The molecular formula is C9H8ClN3O3S. The molecule has 1 saturated heterocycles. The van der Waals surface area contributed by atoms with E-state index in [9.17, 15) is 14.9 Å². The van der Waals surface area contributed by atoms with Crippen LogP contribution < -0.4 is 4.90 Å². The van der Waals surface area contributed by atoms with E-state index in [1.54, 1.807) is 0 Å². The highest BCUT2D eigenvalue weighted by Gasteiger charge is 2.32. The SMILES string of the molecule is O=C1CC(S)CN1c1cc(Cl)ncc1[N+](=O)[O-]. The summed E-state index contributed by atoms with van der Waals surface area (Å²) < 4.78 is 0. The molecule has 1 fully saturated rings. The molecule has 1 aromatic rings. The molecule has 0 aromatic carbocycles. The van der Waals surface area contributed by atoms with Gasteiger partial charge in [0, 0.05) is 24.3 Å². The normalized spacial score (nSPS) is 19.8. The third-order valence-electron chi connectivity index (χ3n) is 2.42. The summed E-state index contributed by atoms with van der Waals surface area (Å²) in [6.45, 7) is 0.336. The van der Waals surface area contributed by atoms with Gasteiger partial charge in [0.2, 0.25) is 5.91 Å². The van der Waals surface area contributed by atoms with Gasteiger partial charge in [-0.3, -0.25) is 14.9 Å². The largest absolute Gasteiger partial charge is 0.311 e. The molecule has 1 aromatic heterocycles. The zero-order valence-electron chi connectivity index (χ0n) is 8.54. The van der Waals surface area contributed by atoms with Crippen molar-refractivity contribution in [2.24, 2.45) is 0 Å². The first-order valence-electron chi connectivity index (χ1n) is 4.77. The Balaban J connectivity index is 2.46. The lowest BCUT2D eigenvalue weighted by atomic mass is 10.3. The number of amides is 1. The molecule has 2 rings (SSSR count). The molecular weight excluding hydrogens is 266 g/mol. The summed E-state index contributed by atoms with van der Waals surface area (Å²) in [5.41, 5.74) is -0.0540. The number of aromatic nitrogens is 1. The third kappa shape index (κ3) is 2.34. The molecule has 8 heteroatoms. The Morgan fingerprint density at radius 2 is 2.35 bits per heavy atom.